The lowest BCUT2D eigenvalue weighted by Gasteiger charge is -1.98. The van der Waals surface area contributed by atoms with Gasteiger partial charge in [0.1, 0.15) is 12.4 Å². The van der Waals surface area contributed by atoms with Crippen molar-refractivity contribution in [1.29, 1.82) is 0 Å². The summed E-state index contributed by atoms with van der Waals surface area (Å²) in [6.45, 7) is 3.33. The maximum Gasteiger partial charge on any atom is 0.264 e. The Balaban J connectivity index is 2.40. The lowest BCUT2D eigenvalue weighted by molar-refractivity contribution is -0.697. The molecule has 0 spiro atoms. The fraction of sp³-hybridized carbons (Fsp3) is 0.667. The Hall–Kier alpha value is -0.0900. The van der Waals surface area contributed by atoms with E-state index in [1.54, 1.807) is 0 Å². The van der Waals surface area contributed by atoms with Gasteiger partial charge in [0.05, 0.1) is 12.3 Å². The van der Waals surface area contributed by atoms with Crippen LogP contribution in [0, 0.1) is 0 Å². The van der Waals surface area contributed by atoms with Gasteiger partial charge in [-0.05, 0) is 12.0 Å². The van der Waals surface area contributed by atoms with E-state index in [0.29, 0.717) is 0 Å². The van der Waals surface area contributed by atoms with Crippen LogP contribution in [0.5, 0.6) is 0 Å². The number of aromatic amines is 1. The maximum atomic E-state index is 3.27. The van der Waals surface area contributed by atoms with Crippen molar-refractivity contribution in [2.24, 2.45) is 0 Å². The Morgan fingerprint density at radius 2 is 2.38 bits per heavy atom. The molecule has 2 nitrogen and oxygen atoms in total. The number of hydrogen-bond acceptors (Lipinski definition) is 2. The fourth-order valence-corrected chi connectivity index (χ4v) is 2.31. The van der Waals surface area contributed by atoms with Crippen LogP contribution in [0.25, 0.3) is 0 Å². The highest BCUT2D eigenvalue weighted by Crippen LogP contribution is 2.02. The topological polar surface area (TPSA) is 19.7 Å². The van der Waals surface area contributed by atoms with Gasteiger partial charge in [-0.3, -0.25) is 0 Å². The van der Waals surface area contributed by atoms with E-state index < -0.39 is 0 Å². The molecule has 1 aromatic heterocycles. The van der Waals surface area contributed by atoms with Gasteiger partial charge < -0.3 is 0 Å². The molecule has 0 saturated carbocycles. The lowest BCUT2D eigenvalue weighted by atomic mass is 10.6. The minimum absolute atomic E-state index is 1.07. The van der Waals surface area contributed by atoms with E-state index in [9.17, 15) is 0 Å². The van der Waals surface area contributed by atoms with E-state index in [2.05, 4.69) is 28.9 Å². The predicted molar refractivity (Wildman–Crippen MR) is 61.2 cm³/mol. The van der Waals surface area contributed by atoms with E-state index in [4.69, 9.17) is 0 Å². The quantitative estimate of drug-likeness (QED) is 0.580. The third-order valence-corrected chi connectivity index (χ3v) is 3.25. The maximum absolute atomic E-state index is 3.27. The van der Waals surface area contributed by atoms with E-state index in [1.165, 1.54) is 17.3 Å². The van der Waals surface area contributed by atoms with Crippen molar-refractivity contribution in [2.75, 3.05) is 17.8 Å². The van der Waals surface area contributed by atoms with Crippen molar-refractivity contribution in [3.8, 4) is 0 Å². The highest BCUT2D eigenvalue weighted by molar-refractivity contribution is 7.99. The summed E-state index contributed by atoms with van der Waals surface area (Å²) < 4.78 is 2.30. The molecule has 0 aliphatic rings. The van der Waals surface area contributed by atoms with Crippen LogP contribution in [0.1, 0.15) is 12.7 Å². The first-order valence-electron chi connectivity index (χ1n) is 4.50. The van der Waals surface area contributed by atoms with Crippen LogP contribution in [0.15, 0.2) is 12.4 Å². The molecule has 0 atom stereocenters. The summed E-state index contributed by atoms with van der Waals surface area (Å²) in [5, 5.41) is 0. The number of hydrogen-bond donors (Lipinski definition) is 1. The number of H-pyrrole nitrogens is 1. The Kier molecular flexibility index (Phi) is 5.39. The van der Waals surface area contributed by atoms with Gasteiger partial charge in [0, 0.05) is 5.75 Å². The van der Waals surface area contributed by atoms with Crippen molar-refractivity contribution in [3.05, 3.63) is 18.2 Å². The molecule has 0 bridgehead atoms. The highest BCUT2D eigenvalue weighted by atomic mass is 32.2. The normalized spacial score (nSPS) is 10.6. The van der Waals surface area contributed by atoms with Gasteiger partial charge in [-0.2, -0.15) is 23.5 Å². The molecule has 0 fully saturated rings. The monoisotopic (exact) mass is 217 g/mol. The van der Waals surface area contributed by atoms with Crippen LogP contribution in [0.2, 0.25) is 0 Å². The molecule has 1 N–H and O–H groups in total. The molecular formula is C9H17N2S2+. The Morgan fingerprint density at radius 3 is 3.08 bits per heavy atom. The van der Waals surface area contributed by atoms with Crippen molar-refractivity contribution in [3.63, 3.8) is 0 Å². The number of aryl methyl sites for hydroxylation is 1. The molecular weight excluding hydrogens is 200 g/mol. The number of imidazole rings is 1. The number of nitrogens with one attached hydrogen (secondary N) is 1. The van der Waals surface area contributed by atoms with Gasteiger partial charge in [0.25, 0.3) is 5.82 Å². The molecule has 74 valence electrons. The van der Waals surface area contributed by atoms with E-state index >= 15 is 0 Å². The molecule has 0 aromatic carbocycles. The van der Waals surface area contributed by atoms with Gasteiger partial charge in [0.15, 0.2) is 0 Å². The second kappa shape index (κ2) is 6.38. The van der Waals surface area contributed by atoms with E-state index in [-0.39, 0.29) is 0 Å². The zero-order valence-corrected chi connectivity index (χ0v) is 9.88. The van der Waals surface area contributed by atoms with Crippen LogP contribution in [-0.4, -0.2) is 22.7 Å². The number of rotatable bonds is 6. The molecule has 0 aliphatic heterocycles. The number of nitrogens with zero attached hydrogens (tertiary/aromatic N) is 1. The Labute approximate surface area is 88.5 Å². The van der Waals surface area contributed by atoms with Crippen molar-refractivity contribution in [2.45, 2.75) is 19.2 Å². The molecule has 0 unspecified atom stereocenters. The van der Waals surface area contributed by atoms with Crippen molar-refractivity contribution >= 4 is 23.5 Å². The molecule has 0 radical (unpaired) electrons. The van der Waals surface area contributed by atoms with Crippen LogP contribution >= 0.6 is 23.5 Å². The smallest absolute Gasteiger partial charge is 0.247 e. The second-order valence-corrected chi connectivity index (χ2v) is 4.99. The highest BCUT2D eigenvalue weighted by Gasteiger charge is 2.08. The minimum Gasteiger partial charge on any atom is -0.247 e. The summed E-state index contributed by atoms with van der Waals surface area (Å²) in [6, 6.07) is 0. The van der Waals surface area contributed by atoms with Crippen LogP contribution in [0.3, 0.4) is 0 Å². The largest absolute Gasteiger partial charge is 0.264 e. The summed E-state index contributed by atoms with van der Waals surface area (Å²) in [4.78, 5) is 3.27. The third kappa shape index (κ3) is 3.65. The summed E-state index contributed by atoms with van der Waals surface area (Å²) in [7, 11) is 0. The zero-order chi connectivity index (χ0) is 9.52. The van der Waals surface area contributed by atoms with Gasteiger partial charge in [0.2, 0.25) is 0 Å². The van der Waals surface area contributed by atoms with E-state index in [1.807, 2.05) is 29.7 Å². The molecule has 13 heavy (non-hydrogen) atoms. The zero-order valence-electron chi connectivity index (χ0n) is 8.25. The molecule has 1 rings (SSSR count). The third-order valence-electron chi connectivity index (χ3n) is 1.81. The van der Waals surface area contributed by atoms with Gasteiger partial charge in [-0.15, -0.1) is 0 Å². The first-order chi connectivity index (χ1) is 6.38. The average molecular weight is 217 g/mol. The molecule has 0 amide bonds. The first-order valence-corrected chi connectivity index (χ1v) is 7.05. The van der Waals surface area contributed by atoms with Crippen LogP contribution in [0.4, 0.5) is 0 Å². The van der Waals surface area contributed by atoms with Crippen molar-refractivity contribution in [1.82, 2.24) is 4.98 Å². The molecule has 1 heterocycles. The van der Waals surface area contributed by atoms with Gasteiger partial charge in [-0.25, -0.2) is 9.55 Å². The summed E-state index contributed by atoms with van der Waals surface area (Å²) in [5.74, 6) is 4.82. The Morgan fingerprint density at radius 1 is 1.54 bits per heavy atom. The molecule has 0 saturated heterocycles. The standard InChI is InChI=1S/C9H16N2S2/c1-3-13-7-6-11-5-4-10-9(11)8-12-2/h4-5H,3,6-8H2,1-2H3/p+1. The molecule has 0 aliphatic carbocycles. The molecule has 4 heteroatoms. The minimum atomic E-state index is 1.07. The lowest BCUT2D eigenvalue weighted by Crippen LogP contribution is -2.36. The number of thioether (sulfide) groups is 2. The SMILES string of the molecule is CCSCC[n+]1cc[nH]c1CSC. The summed E-state index contributed by atoms with van der Waals surface area (Å²) >= 11 is 3.85. The Bertz CT molecular complexity index is 235. The predicted octanol–water partition coefficient (Wildman–Crippen LogP) is 1.92. The van der Waals surface area contributed by atoms with Crippen LogP contribution < -0.4 is 4.57 Å². The summed E-state index contributed by atoms with van der Waals surface area (Å²) in [6.07, 6.45) is 6.27. The molecule has 1 aromatic rings. The second-order valence-electron chi connectivity index (χ2n) is 2.73. The number of aromatic nitrogens is 2. The first kappa shape index (κ1) is 11.0. The van der Waals surface area contributed by atoms with Crippen molar-refractivity contribution < 1.29 is 4.57 Å². The van der Waals surface area contributed by atoms with Gasteiger partial charge >= 0.3 is 0 Å². The summed E-state index contributed by atoms with van der Waals surface area (Å²) in [5.41, 5.74) is 0. The van der Waals surface area contributed by atoms with Gasteiger partial charge in [-0.1, -0.05) is 6.92 Å². The van der Waals surface area contributed by atoms with Crippen LogP contribution in [-0.2, 0) is 12.3 Å². The average Bonchev–Trinajstić information content (AvgIpc) is 2.54. The fourth-order valence-electron chi connectivity index (χ4n) is 1.17. The van der Waals surface area contributed by atoms with E-state index in [0.717, 1.165) is 12.3 Å².